The van der Waals surface area contributed by atoms with Gasteiger partial charge in [0, 0.05) is 58.5 Å². The Morgan fingerprint density at radius 3 is 2.58 bits per heavy atom. The SMILES string of the molecule is O=c1ccc2ccccc2[nH]1.[Yb]. The van der Waals surface area contributed by atoms with Crippen molar-refractivity contribution >= 4 is 10.9 Å². The van der Waals surface area contributed by atoms with E-state index in [2.05, 4.69) is 4.98 Å². The summed E-state index contributed by atoms with van der Waals surface area (Å²) in [6, 6.07) is 11.0. The van der Waals surface area contributed by atoms with Gasteiger partial charge in [0.1, 0.15) is 0 Å². The van der Waals surface area contributed by atoms with Crippen LogP contribution in [0, 0.1) is 46.9 Å². The van der Waals surface area contributed by atoms with Crippen molar-refractivity contribution in [2.24, 2.45) is 0 Å². The van der Waals surface area contributed by atoms with Crippen LogP contribution in [0.15, 0.2) is 41.2 Å². The van der Waals surface area contributed by atoms with Crippen molar-refractivity contribution < 1.29 is 46.9 Å². The van der Waals surface area contributed by atoms with Crippen LogP contribution in [0.3, 0.4) is 0 Å². The normalized spacial score (nSPS) is 9.33. The monoisotopic (exact) mass is 319 g/mol. The Balaban J connectivity index is 0.000000720. The van der Waals surface area contributed by atoms with Crippen molar-refractivity contribution in [1.29, 1.82) is 0 Å². The van der Waals surface area contributed by atoms with Crippen molar-refractivity contribution in [2.45, 2.75) is 0 Å². The molecule has 2 nitrogen and oxygen atoms in total. The molecule has 68 valence electrons. The van der Waals surface area contributed by atoms with E-state index in [1.807, 2.05) is 30.3 Å². The number of hydrogen-bond acceptors (Lipinski definition) is 1. The molecule has 3 heteroatoms. The third-order valence-corrected chi connectivity index (χ3v) is 1.63. The van der Waals surface area contributed by atoms with E-state index in [9.17, 15) is 4.79 Å². The predicted octanol–water partition coefficient (Wildman–Crippen LogP) is 1.53. The molecule has 2 rings (SSSR count). The molecule has 2 aromatic rings. The third-order valence-electron chi connectivity index (χ3n) is 1.63. The Bertz CT molecular complexity index is 435. The summed E-state index contributed by atoms with van der Waals surface area (Å²) >= 11 is 0. The molecule has 0 atom stereocenters. The first-order valence-corrected chi connectivity index (χ1v) is 3.44. The van der Waals surface area contributed by atoms with E-state index in [0.717, 1.165) is 10.9 Å². The molecule has 1 N–H and O–H groups in total. The minimum absolute atomic E-state index is 0. The molecule has 0 aliphatic heterocycles. The van der Waals surface area contributed by atoms with E-state index >= 15 is 0 Å². The molecule has 0 amide bonds. The summed E-state index contributed by atoms with van der Waals surface area (Å²) in [7, 11) is 0. The number of fused-ring (bicyclic) bond motifs is 1. The first-order valence-electron chi connectivity index (χ1n) is 3.44. The fourth-order valence-electron chi connectivity index (χ4n) is 1.10. The number of aromatic amines is 1. The fourth-order valence-corrected chi connectivity index (χ4v) is 1.10. The summed E-state index contributed by atoms with van der Waals surface area (Å²) in [6.45, 7) is 0. The summed E-state index contributed by atoms with van der Waals surface area (Å²) in [5, 5.41) is 1.06. The van der Waals surface area contributed by atoms with Crippen molar-refractivity contribution in [3.05, 3.63) is 46.8 Å². The Morgan fingerprint density at radius 1 is 1.00 bits per heavy atom. The van der Waals surface area contributed by atoms with Gasteiger partial charge in [0.15, 0.2) is 0 Å². The van der Waals surface area contributed by atoms with Crippen LogP contribution in [0.25, 0.3) is 10.9 Å². The molecular formula is C9H7NOYb. The standard InChI is InChI=1S/C9H7NO.Yb/c11-9-6-5-7-3-1-2-4-8(7)10-9;/h1-6H,(H,10,11);. The van der Waals surface area contributed by atoms with Gasteiger partial charge in [-0.3, -0.25) is 4.79 Å². The van der Waals surface area contributed by atoms with E-state index in [0.29, 0.717) is 0 Å². The largest absolute Gasteiger partial charge is 0.322 e. The van der Waals surface area contributed by atoms with Crippen LogP contribution in [0.1, 0.15) is 0 Å². The van der Waals surface area contributed by atoms with Crippen LogP contribution < -0.4 is 5.56 Å². The molecule has 0 spiro atoms. The number of nitrogens with one attached hydrogen (secondary N) is 1. The Kier molecular flexibility index (Phi) is 3.56. The fraction of sp³-hybridized carbons (Fsp3) is 0. The maximum atomic E-state index is 10.8. The zero-order valence-electron chi connectivity index (χ0n) is 6.14. The number of para-hydroxylation sites is 1. The molecule has 0 saturated carbocycles. The molecule has 0 radical (unpaired) electrons. The van der Waals surface area contributed by atoms with Gasteiger partial charge in [-0.25, -0.2) is 0 Å². The van der Waals surface area contributed by atoms with E-state index in [1.54, 1.807) is 0 Å². The van der Waals surface area contributed by atoms with Gasteiger partial charge in [0.25, 0.3) is 0 Å². The van der Waals surface area contributed by atoms with Crippen LogP contribution in [-0.2, 0) is 0 Å². The smallest absolute Gasteiger partial charge is 0.248 e. The molecule has 0 bridgehead atoms. The molecular weight excluding hydrogens is 311 g/mol. The summed E-state index contributed by atoms with van der Waals surface area (Å²) in [5.74, 6) is 0. The Morgan fingerprint density at radius 2 is 1.75 bits per heavy atom. The zero-order valence-corrected chi connectivity index (χ0v) is 7.85. The summed E-state index contributed by atoms with van der Waals surface area (Å²) in [5.41, 5.74) is 0.837. The van der Waals surface area contributed by atoms with Crippen LogP contribution in [0.5, 0.6) is 0 Å². The first kappa shape index (κ1) is 10.0. The van der Waals surface area contributed by atoms with Crippen molar-refractivity contribution in [1.82, 2.24) is 4.98 Å². The molecule has 0 aliphatic rings. The summed E-state index contributed by atoms with van der Waals surface area (Å²) in [6.07, 6.45) is 0. The third kappa shape index (κ3) is 2.00. The maximum absolute atomic E-state index is 10.8. The molecule has 1 heterocycles. The summed E-state index contributed by atoms with van der Waals surface area (Å²) < 4.78 is 0. The average molecular weight is 318 g/mol. The van der Waals surface area contributed by atoms with Gasteiger partial charge >= 0.3 is 0 Å². The molecule has 0 aliphatic carbocycles. The molecule has 12 heavy (non-hydrogen) atoms. The van der Waals surface area contributed by atoms with Gasteiger partial charge < -0.3 is 4.98 Å². The van der Waals surface area contributed by atoms with E-state index in [1.165, 1.54) is 6.07 Å². The van der Waals surface area contributed by atoms with Gasteiger partial charge in [-0.15, -0.1) is 0 Å². The van der Waals surface area contributed by atoms with Crippen molar-refractivity contribution in [2.75, 3.05) is 0 Å². The number of pyridine rings is 1. The topological polar surface area (TPSA) is 32.9 Å². The second-order valence-electron chi connectivity index (χ2n) is 2.41. The summed E-state index contributed by atoms with van der Waals surface area (Å²) in [4.78, 5) is 13.6. The van der Waals surface area contributed by atoms with Crippen LogP contribution in [-0.4, -0.2) is 4.98 Å². The Labute approximate surface area is 108 Å². The molecule has 0 saturated heterocycles. The first-order chi connectivity index (χ1) is 5.36. The van der Waals surface area contributed by atoms with E-state index in [-0.39, 0.29) is 52.5 Å². The molecule has 0 fully saturated rings. The quantitative estimate of drug-likeness (QED) is 0.785. The van der Waals surface area contributed by atoms with Gasteiger partial charge in [0.05, 0.1) is 0 Å². The number of benzene rings is 1. The number of hydrogen-bond donors (Lipinski definition) is 1. The van der Waals surface area contributed by atoms with Gasteiger partial charge in [-0.2, -0.15) is 0 Å². The van der Waals surface area contributed by atoms with E-state index < -0.39 is 0 Å². The van der Waals surface area contributed by atoms with Crippen molar-refractivity contribution in [3.63, 3.8) is 0 Å². The van der Waals surface area contributed by atoms with Crippen LogP contribution >= 0.6 is 0 Å². The number of H-pyrrole nitrogens is 1. The number of rotatable bonds is 0. The second kappa shape index (κ2) is 4.26. The molecule has 1 aromatic carbocycles. The average Bonchev–Trinajstić information content (AvgIpc) is 2.04. The van der Waals surface area contributed by atoms with Gasteiger partial charge in [-0.1, -0.05) is 18.2 Å². The van der Waals surface area contributed by atoms with Crippen LogP contribution in [0.4, 0.5) is 0 Å². The van der Waals surface area contributed by atoms with Crippen LogP contribution in [0.2, 0.25) is 0 Å². The minimum Gasteiger partial charge on any atom is -0.322 e. The van der Waals surface area contributed by atoms with Gasteiger partial charge in [0.2, 0.25) is 5.56 Å². The van der Waals surface area contributed by atoms with Gasteiger partial charge in [-0.05, 0) is 17.5 Å². The maximum Gasteiger partial charge on any atom is 0.248 e. The predicted molar refractivity (Wildman–Crippen MR) is 44.6 cm³/mol. The zero-order chi connectivity index (χ0) is 7.68. The Hall–Kier alpha value is -0.0505. The van der Waals surface area contributed by atoms with E-state index in [4.69, 9.17) is 0 Å². The second-order valence-corrected chi connectivity index (χ2v) is 2.41. The molecule has 0 unspecified atom stereocenters. The molecule has 1 aromatic heterocycles. The van der Waals surface area contributed by atoms with Crippen molar-refractivity contribution in [3.8, 4) is 0 Å². The minimum atomic E-state index is -0.0521. The number of aromatic nitrogens is 1.